The quantitative estimate of drug-likeness (QED) is 0.651. The van der Waals surface area contributed by atoms with E-state index >= 15 is 0 Å². The predicted molar refractivity (Wildman–Crippen MR) is 69.5 cm³/mol. The van der Waals surface area contributed by atoms with E-state index in [9.17, 15) is 8.42 Å². The zero-order valence-corrected chi connectivity index (χ0v) is 10.7. The smallest absolute Gasteiger partial charge is 0.181 e. The van der Waals surface area contributed by atoms with Gasteiger partial charge >= 0.3 is 0 Å². The first-order valence-electron chi connectivity index (χ1n) is 6.20. The van der Waals surface area contributed by atoms with Crippen molar-refractivity contribution in [1.29, 1.82) is 0 Å². The molecule has 1 aliphatic carbocycles. The van der Waals surface area contributed by atoms with Gasteiger partial charge < -0.3 is 5.73 Å². The highest BCUT2D eigenvalue weighted by atomic mass is 32.2. The van der Waals surface area contributed by atoms with Crippen LogP contribution in [0, 0.1) is 0 Å². The molecule has 0 amide bonds. The highest BCUT2D eigenvalue weighted by molar-refractivity contribution is 7.92. The van der Waals surface area contributed by atoms with Crippen LogP contribution in [0.1, 0.15) is 38.5 Å². The van der Waals surface area contributed by atoms with E-state index in [0.717, 1.165) is 38.5 Å². The third-order valence-corrected chi connectivity index (χ3v) is 5.73. The Morgan fingerprint density at radius 3 is 2.00 bits per heavy atom. The fourth-order valence-corrected chi connectivity index (χ4v) is 4.26. The summed E-state index contributed by atoms with van der Waals surface area (Å²) in [5.74, 6) is 0. The van der Waals surface area contributed by atoms with Crippen molar-refractivity contribution < 1.29 is 8.42 Å². The standard InChI is InChI=1S/C13H19NO2S/c14-11-7-9-13(10-8-11)17(15,16)12-5-3-1-2-4-6-12/h7-10,12H,1-6,14H2. The van der Waals surface area contributed by atoms with Crippen molar-refractivity contribution in [2.75, 3.05) is 5.73 Å². The zero-order chi connectivity index (χ0) is 12.3. The van der Waals surface area contributed by atoms with Gasteiger partial charge in [0.2, 0.25) is 0 Å². The number of hydrogen-bond acceptors (Lipinski definition) is 3. The van der Waals surface area contributed by atoms with Gasteiger partial charge in [-0.25, -0.2) is 8.42 Å². The van der Waals surface area contributed by atoms with Gasteiger partial charge in [-0.15, -0.1) is 0 Å². The lowest BCUT2D eigenvalue weighted by atomic mass is 10.2. The SMILES string of the molecule is Nc1ccc(S(=O)(=O)C2CCCCCC2)cc1. The Morgan fingerprint density at radius 2 is 1.47 bits per heavy atom. The minimum Gasteiger partial charge on any atom is -0.399 e. The number of benzene rings is 1. The van der Waals surface area contributed by atoms with E-state index in [0.29, 0.717) is 10.6 Å². The van der Waals surface area contributed by atoms with E-state index in [-0.39, 0.29) is 5.25 Å². The minimum absolute atomic E-state index is 0.200. The number of nitrogens with two attached hydrogens (primary N) is 1. The summed E-state index contributed by atoms with van der Waals surface area (Å²) in [6.07, 6.45) is 5.97. The molecule has 0 heterocycles. The van der Waals surface area contributed by atoms with Crippen molar-refractivity contribution in [3.05, 3.63) is 24.3 Å². The molecule has 1 saturated carbocycles. The molecule has 2 N–H and O–H groups in total. The van der Waals surface area contributed by atoms with Gasteiger partial charge in [0.1, 0.15) is 0 Å². The second-order valence-electron chi connectivity index (χ2n) is 4.73. The topological polar surface area (TPSA) is 60.2 Å². The summed E-state index contributed by atoms with van der Waals surface area (Å²) in [7, 11) is -3.16. The number of anilines is 1. The molecule has 0 unspecified atom stereocenters. The molecule has 1 aromatic rings. The fraction of sp³-hybridized carbons (Fsp3) is 0.538. The molecule has 4 heteroatoms. The maximum absolute atomic E-state index is 12.4. The van der Waals surface area contributed by atoms with Crippen molar-refractivity contribution in [3.63, 3.8) is 0 Å². The van der Waals surface area contributed by atoms with E-state index in [2.05, 4.69) is 0 Å². The number of sulfone groups is 1. The van der Waals surface area contributed by atoms with Gasteiger partial charge in [-0.2, -0.15) is 0 Å². The number of rotatable bonds is 2. The lowest BCUT2D eigenvalue weighted by Gasteiger charge is -2.15. The summed E-state index contributed by atoms with van der Waals surface area (Å²) < 4.78 is 24.8. The van der Waals surface area contributed by atoms with Crippen molar-refractivity contribution in [1.82, 2.24) is 0 Å². The van der Waals surface area contributed by atoms with E-state index in [1.165, 1.54) is 0 Å². The molecule has 0 spiro atoms. The van der Waals surface area contributed by atoms with Crippen LogP contribution in [-0.4, -0.2) is 13.7 Å². The van der Waals surface area contributed by atoms with Crippen LogP contribution in [0.3, 0.4) is 0 Å². The Morgan fingerprint density at radius 1 is 0.941 bits per heavy atom. The number of hydrogen-bond donors (Lipinski definition) is 1. The first-order valence-corrected chi connectivity index (χ1v) is 7.75. The molecule has 0 saturated heterocycles. The largest absolute Gasteiger partial charge is 0.399 e. The Hall–Kier alpha value is -1.03. The fourth-order valence-electron chi connectivity index (χ4n) is 2.40. The van der Waals surface area contributed by atoms with Gasteiger partial charge in [-0.3, -0.25) is 0 Å². The van der Waals surface area contributed by atoms with Crippen molar-refractivity contribution in [2.45, 2.75) is 48.7 Å². The van der Waals surface area contributed by atoms with Crippen LogP contribution in [0.15, 0.2) is 29.2 Å². The van der Waals surface area contributed by atoms with Gasteiger partial charge in [-0.1, -0.05) is 25.7 Å². The third kappa shape index (κ3) is 2.80. The second kappa shape index (κ2) is 5.08. The Balaban J connectivity index is 2.25. The molecule has 3 nitrogen and oxygen atoms in total. The van der Waals surface area contributed by atoms with Crippen LogP contribution in [0.5, 0.6) is 0 Å². The lowest BCUT2D eigenvalue weighted by Crippen LogP contribution is -2.20. The molecular formula is C13H19NO2S. The summed E-state index contributed by atoms with van der Waals surface area (Å²) >= 11 is 0. The van der Waals surface area contributed by atoms with Crippen molar-refractivity contribution >= 4 is 15.5 Å². The van der Waals surface area contributed by atoms with Gasteiger partial charge in [0.15, 0.2) is 9.84 Å². The Labute approximate surface area is 103 Å². The summed E-state index contributed by atoms with van der Waals surface area (Å²) in [6.45, 7) is 0. The zero-order valence-electron chi connectivity index (χ0n) is 9.93. The maximum Gasteiger partial charge on any atom is 0.181 e. The lowest BCUT2D eigenvalue weighted by molar-refractivity contribution is 0.563. The van der Waals surface area contributed by atoms with Crippen LogP contribution in [0.2, 0.25) is 0 Å². The second-order valence-corrected chi connectivity index (χ2v) is 6.96. The van der Waals surface area contributed by atoms with E-state index < -0.39 is 9.84 Å². The highest BCUT2D eigenvalue weighted by Crippen LogP contribution is 2.28. The van der Waals surface area contributed by atoms with Crippen molar-refractivity contribution in [3.8, 4) is 0 Å². The van der Waals surface area contributed by atoms with Gasteiger partial charge in [0.25, 0.3) is 0 Å². The Bertz CT molecular complexity index is 457. The van der Waals surface area contributed by atoms with Gasteiger partial charge in [-0.05, 0) is 37.1 Å². The van der Waals surface area contributed by atoms with Crippen LogP contribution in [0.4, 0.5) is 5.69 Å². The summed E-state index contributed by atoms with van der Waals surface area (Å²) in [4.78, 5) is 0.415. The molecule has 2 rings (SSSR count). The molecule has 94 valence electrons. The number of nitrogen functional groups attached to an aromatic ring is 1. The molecular weight excluding hydrogens is 234 g/mol. The van der Waals surface area contributed by atoms with Crippen molar-refractivity contribution in [2.24, 2.45) is 0 Å². The summed E-state index contributed by atoms with van der Waals surface area (Å²) in [5, 5.41) is -0.200. The summed E-state index contributed by atoms with van der Waals surface area (Å²) in [6, 6.07) is 6.55. The average molecular weight is 253 g/mol. The van der Waals surface area contributed by atoms with Gasteiger partial charge in [0, 0.05) is 5.69 Å². The third-order valence-electron chi connectivity index (χ3n) is 3.45. The van der Waals surface area contributed by atoms with Crippen LogP contribution in [0.25, 0.3) is 0 Å². The molecule has 1 aliphatic rings. The van der Waals surface area contributed by atoms with Crippen LogP contribution < -0.4 is 5.73 Å². The van der Waals surface area contributed by atoms with E-state index in [1.807, 2.05) is 0 Å². The predicted octanol–water partition coefficient (Wildman–Crippen LogP) is 2.77. The van der Waals surface area contributed by atoms with Gasteiger partial charge in [0.05, 0.1) is 10.1 Å². The monoisotopic (exact) mass is 253 g/mol. The molecule has 0 radical (unpaired) electrons. The molecule has 0 aliphatic heterocycles. The molecule has 1 aromatic carbocycles. The van der Waals surface area contributed by atoms with Crippen LogP contribution >= 0.6 is 0 Å². The molecule has 0 aromatic heterocycles. The van der Waals surface area contributed by atoms with E-state index in [1.54, 1.807) is 24.3 Å². The molecule has 0 bridgehead atoms. The molecule has 0 atom stereocenters. The molecule has 17 heavy (non-hydrogen) atoms. The summed E-state index contributed by atoms with van der Waals surface area (Å²) in [5.41, 5.74) is 6.18. The minimum atomic E-state index is -3.16. The van der Waals surface area contributed by atoms with Crippen LogP contribution in [-0.2, 0) is 9.84 Å². The normalized spacial score (nSPS) is 18.8. The molecule has 1 fully saturated rings. The first-order chi connectivity index (χ1) is 8.10. The highest BCUT2D eigenvalue weighted by Gasteiger charge is 2.27. The van der Waals surface area contributed by atoms with E-state index in [4.69, 9.17) is 5.73 Å². The Kier molecular flexibility index (Phi) is 3.72. The first kappa shape index (κ1) is 12.4. The average Bonchev–Trinajstić information content (AvgIpc) is 2.58. The maximum atomic E-state index is 12.4.